The maximum absolute atomic E-state index is 12.1. The van der Waals surface area contributed by atoms with Crippen molar-refractivity contribution in [1.82, 2.24) is 5.32 Å². The van der Waals surface area contributed by atoms with E-state index in [1.54, 1.807) is 18.2 Å². The lowest BCUT2D eigenvalue weighted by Gasteiger charge is -2.12. The van der Waals surface area contributed by atoms with Crippen LogP contribution in [-0.4, -0.2) is 19.1 Å². The van der Waals surface area contributed by atoms with Crippen LogP contribution in [0.5, 0.6) is 5.75 Å². The summed E-state index contributed by atoms with van der Waals surface area (Å²) in [4.78, 5) is 0. The van der Waals surface area contributed by atoms with E-state index in [0.29, 0.717) is 23.4 Å². The number of hydrogen-bond acceptors (Lipinski definition) is 2. The highest BCUT2D eigenvalue weighted by Crippen LogP contribution is 2.25. The van der Waals surface area contributed by atoms with Gasteiger partial charge in [0.15, 0.2) is 0 Å². The fourth-order valence-electron chi connectivity index (χ4n) is 1.52. The number of alkyl halides is 2. The van der Waals surface area contributed by atoms with Crippen LogP contribution >= 0.6 is 11.6 Å². The summed E-state index contributed by atoms with van der Waals surface area (Å²) in [5, 5.41) is 3.89. The lowest BCUT2D eigenvalue weighted by atomic mass is 10.2. The number of benzene rings is 1. The number of hydrogen-bond donors (Lipinski definition) is 1. The van der Waals surface area contributed by atoms with Gasteiger partial charge in [0.25, 0.3) is 6.43 Å². The molecule has 0 atom stereocenters. The zero-order chi connectivity index (χ0) is 12.3. The monoisotopic (exact) mass is 261 g/mol. The molecule has 5 heteroatoms. The van der Waals surface area contributed by atoms with Crippen molar-refractivity contribution in [3.05, 3.63) is 28.8 Å². The van der Waals surface area contributed by atoms with Crippen LogP contribution in [0.4, 0.5) is 8.78 Å². The molecule has 2 nitrogen and oxygen atoms in total. The van der Waals surface area contributed by atoms with Crippen molar-refractivity contribution in [2.75, 3.05) is 6.61 Å². The standard InChI is InChI=1S/C12H14ClF2NO/c13-9-1-4-11(17-7-12(14)15)8(5-9)6-16-10-2-3-10/h1,4-5,10,12,16H,2-3,6-7H2. The first-order chi connectivity index (χ1) is 8.15. The molecule has 0 spiro atoms. The van der Waals surface area contributed by atoms with Crippen molar-refractivity contribution in [2.45, 2.75) is 31.9 Å². The average molecular weight is 262 g/mol. The Morgan fingerprint density at radius 1 is 1.41 bits per heavy atom. The number of rotatable bonds is 6. The molecule has 1 aromatic carbocycles. The molecule has 94 valence electrons. The van der Waals surface area contributed by atoms with Gasteiger partial charge in [-0.2, -0.15) is 0 Å². The SMILES string of the molecule is FC(F)COc1ccc(Cl)cc1CNC1CC1. The first kappa shape index (κ1) is 12.6. The van der Waals surface area contributed by atoms with Gasteiger partial charge >= 0.3 is 0 Å². The molecule has 2 rings (SSSR count). The van der Waals surface area contributed by atoms with Gasteiger partial charge in [0.05, 0.1) is 0 Å². The van der Waals surface area contributed by atoms with Crippen molar-refractivity contribution in [3.63, 3.8) is 0 Å². The molecule has 0 saturated heterocycles. The summed E-state index contributed by atoms with van der Waals surface area (Å²) in [6.07, 6.45) is -0.114. The molecule has 0 aliphatic heterocycles. The van der Waals surface area contributed by atoms with Crippen LogP contribution in [0.3, 0.4) is 0 Å². The van der Waals surface area contributed by atoms with E-state index in [1.165, 1.54) is 12.8 Å². The van der Waals surface area contributed by atoms with Crippen LogP contribution in [0.15, 0.2) is 18.2 Å². The quantitative estimate of drug-likeness (QED) is 0.849. The number of nitrogens with one attached hydrogen (secondary N) is 1. The number of ether oxygens (including phenoxy) is 1. The van der Waals surface area contributed by atoms with Gasteiger partial charge in [0.1, 0.15) is 12.4 Å². The predicted molar refractivity (Wildman–Crippen MR) is 62.8 cm³/mol. The molecular formula is C12H14ClF2NO. The third-order valence-corrected chi connectivity index (χ3v) is 2.78. The lowest BCUT2D eigenvalue weighted by molar-refractivity contribution is 0.0813. The molecule has 1 fully saturated rings. The van der Waals surface area contributed by atoms with Gasteiger partial charge in [-0.3, -0.25) is 0 Å². The second kappa shape index (κ2) is 5.65. The zero-order valence-electron chi connectivity index (χ0n) is 9.26. The first-order valence-corrected chi connectivity index (χ1v) is 5.95. The Kier molecular flexibility index (Phi) is 4.18. The van der Waals surface area contributed by atoms with Gasteiger partial charge in [-0.15, -0.1) is 0 Å². The van der Waals surface area contributed by atoms with E-state index in [1.807, 2.05) is 0 Å². The Balaban J connectivity index is 2.00. The van der Waals surface area contributed by atoms with Crippen molar-refractivity contribution in [1.29, 1.82) is 0 Å². The van der Waals surface area contributed by atoms with E-state index in [2.05, 4.69) is 5.32 Å². The van der Waals surface area contributed by atoms with E-state index in [0.717, 1.165) is 5.56 Å². The summed E-state index contributed by atoms with van der Waals surface area (Å²) >= 11 is 5.88. The molecule has 1 aliphatic carbocycles. The van der Waals surface area contributed by atoms with E-state index in [4.69, 9.17) is 16.3 Å². The molecule has 0 amide bonds. The molecule has 0 unspecified atom stereocenters. The minimum absolute atomic E-state index is 0.475. The fraction of sp³-hybridized carbons (Fsp3) is 0.500. The van der Waals surface area contributed by atoms with Crippen LogP contribution in [-0.2, 0) is 6.54 Å². The van der Waals surface area contributed by atoms with Crippen molar-refractivity contribution >= 4 is 11.6 Å². The fourth-order valence-corrected chi connectivity index (χ4v) is 1.72. The summed E-state index contributed by atoms with van der Waals surface area (Å²) < 4.78 is 29.2. The third kappa shape index (κ3) is 4.13. The van der Waals surface area contributed by atoms with Gasteiger partial charge in [-0.25, -0.2) is 8.78 Å². The van der Waals surface area contributed by atoms with E-state index in [-0.39, 0.29) is 0 Å². The Morgan fingerprint density at radius 2 is 2.18 bits per heavy atom. The highest BCUT2D eigenvalue weighted by atomic mass is 35.5. The predicted octanol–water partition coefficient (Wildman–Crippen LogP) is 3.24. The van der Waals surface area contributed by atoms with Gasteiger partial charge in [-0.1, -0.05) is 11.6 Å². The largest absolute Gasteiger partial charge is 0.487 e. The maximum atomic E-state index is 12.1. The molecule has 17 heavy (non-hydrogen) atoms. The second-order valence-electron chi connectivity index (χ2n) is 4.11. The Labute approximate surface area is 104 Å². The van der Waals surface area contributed by atoms with Gasteiger partial charge in [0, 0.05) is 23.2 Å². The molecule has 1 aromatic rings. The molecule has 0 bridgehead atoms. The van der Waals surface area contributed by atoms with Gasteiger partial charge in [0.2, 0.25) is 0 Å². The normalized spacial score (nSPS) is 15.3. The minimum Gasteiger partial charge on any atom is -0.487 e. The highest BCUT2D eigenvalue weighted by molar-refractivity contribution is 6.30. The summed E-state index contributed by atoms with van der Waals surface area (Å²) in [6.45, 7) is 0.0157. The maximum Gasteiger partial charge on any atom is 0.272 e. The van der Waals surface area contributed by atoms with Crippen molar-refractivity contribution in [2.24, 2.45) is 0 Å². The number of halogens is 3. The molecule has 0 heterocycles. The van der Waals surface area contributed by atoms with Gasteiger partial charge < -0.3 is 10.1 Å². The van der Waals surface area contributed by atoms with Crippen LogP contribution in [0.2, 0.25) is 5.02 Å². The highest BCUT2D eigenvalue weighted by Gasteiger charge is 2.20. The molecule has 0 aromatic heterocycles. The van der Waals surface area contributed by atoms with E-state index >= 15 is 0 Å². The molecule has 0 radical (unpaired) electrons. The Bertz CT molecular complexity index is 383. The summed E-state index contributed by atoms with van der Waals surface area (Å²) in [5.41, 5.74) is 0.824. The van der Waals surface area contributed by atoms with Crippen LogP contribution in [0.1, 0.15) is 18.4 Å². The smallest absolute Gasteiger partial charge is 0.272 e. The summed E-state index contributed by atoms with van der Waals surface area (Å²) in [5.74, 6) is 0.475. The van der Waals surface area contributed by atoms with Gasteiger partial charge in [-0.05, 0) is 31.0 Å². The van der Waals surface area contributed by atoms with Crippen molar-refractivity contribution < 1.29 is 13.5 Å². The molecule has 1 saturated carbocycles. The van der Waals surface area contributed by atoms with E-state index < -0.39 is 13.0 Å². The molecular weight excluding hydrogens is 248 g/mol. The summed E-state index contributed by atoms with van der Waals surface area (Å²) in [6, 6.07) is 5.58. The zero-order valence-corrected chi connectivity index (χ0v) is 10.0. The average Bonchev–Trinajstić information content (AvgIpc) is 3.08. The Hall–Kier alpha value is -0.870. The lowest BCUT2D eigenvalue weighted by Crippen LogP contribution is -2.17. The summed E-state index contributed by atoms with van der Waals surface area (Å²) in [7, 11) is 0. The first-order valence-electron chi connectivity index (χ1n) is 5.58. The topological polar surface area (TPSA) is 21.3 Å². The second-order valence-corrected chi connectivity index (χ2v) is 4.55. The van der Waals surface area contributed by atoms with Crippen molar-refractivity contribution in [3.8, 4) is 5.75 Å². The van der Waals surface area contributed by atoms with Crippen LogP contribution in [0, 0.1) is 0 Å². The van der Waals surface area contributed by atoms with Crippen LogP contribution < -0.4 is 10.1 Å². The minimum atomic E-state index is -2.46. The van der Waals surface area contributed by atoms with Crippen LogP contribution in [0.25, 0.3) is 0 Å². The Morgan fingerprint density at radius 3 is 2.82 bits per heavy atom. The third-order valence-electron chi connectivity index (χ3n) is 2.55. The molecule has 1 aliphatic rings. The molecule has 1 N–H and O–H groups in total. The van der Waals surface area contributed by atoms with E-state index in [9.17, 15) is 8.78 Å².